The van der Waals surface area contributed by atoms with Crippen LogP contribution in [-0.4, -0.2) is 35.7 Å². The number of aliphatic hydroxyl groups is 1. The number of likely N-dealkylation sites (N-methyl/N-ethyl adjacent to an activating group) is 1. The first-order chi connectivity index (χ1) is 7.92. The summed E-state index contributed by atoms with van der Waals surface area (Å²) in [4.78, 5) is 2.12. The summed E-state index contributed by atoms with van der Waals surface area (Å²) in [5, 5.41) is 9.41. The van der Waals surface area contributed by atoms with E-state index in [1.165, 1.54) is 5.56 Å². The molecule has 1 aromatic carbocycles. The summed E-state index contributed by atoms with van der Waals surface area (Å²) in [7, 11) is 2.00. The smallest absolute Gasteiger partial charge is 0.0610 e. The number of hydrogen-bond acceptors (Lipinski definition) is 3. The second kappa shape index (κ2) is 5.96. The van der Waals surface area contributed by atoms with Crippen LogP contribution in [0.1, 0.15) is 25.5 Å². The Labute approximate surface area is 112 Å². The second-order valence-electron chi connectivity index (χ2n) is 4.88. The molecule has 0 bridgehead atoms. The van der Waals surface area contributed by atoms with Crippen molar-refractivity contribution in [1.29, 1.82) is 0 Å². The third-order valence-electron chi connectivity index (χ3n) is 3.29. The number of nitrogens with two attached hydrogens (primary N) is 1. The van der Waals surface area contributed by atoms with Crippen molar-refractivity contribution in [2.45, 2.75) is 25.4 Å². The molecule has 3 nitrogen and oxygen atoms in total. The fourth-order valence-corrected chi connectivity index (χ4v) is 2.00. The summed E-state index contributed by atoms with van der Waals surface area (Å²) in [5.41, 5.74) is 6.75. The van der Waals surface area contributed by atoms with E-state index in [1.807, 2.05) is 33.0 Å². The molecular formula is C13H21BrN2O. The average molecular weight is 301 g/mol. The molecule has 1 unspecified atom stereocenters. The Morgan fingerprint density at radius 3 is 2.29 bits per heavy atom. The zero-order valence-electron chi connectivity index (χ0n) is 10.7. The van der Waals surface area contributed by atoms with Gasteiger partial charge in [-0.2, -0.15) is 0 Å². The minimum atomic E-state index is -0.281. The van der Waals surface area contributed by atoms with Crippen molar-refractivity contribution in [2.24, 2.45) is 5.73 Å². The van der Waals surface area contributed by atoms with Gasteiger partial charge in [0.2, 0.25) is 0 Å². The zero-order valence-corrected chi connectivity index (χ0v) is 12.2. The van der Waals surface area contributed by atoms with Gasteiger partial charge in [0, 0.05) is 22.6 Å². The lowest BCUT2D eigenvalue weighted by atomic mass is 9.98. The fourth-order valence-electron chi connectivity index (χ4n) is 1.74. The first kappa shape index (κ1) is 14.6. The average Bonchev–Trinajstić information content (AvgIpc) is 2.32. The first-order valence-electron chi connectivity index (χ1n) is 5.71. The second-order valence-corrected chi connectivity index (χ2v) is 5.80. The Balaban J connectivity index is 2.95. The van der Waals surface area contributed by atoms with Crippen molar-refractivity contribution < 1.29 is 5.11 Å². The predicted octanol–water partition coefficient (Wildman–Crippen LogP) is 2.15. The Hall–Kier alpha value is -0.420. The van der Waals surface area contributed by atoms with Gasteiger partial charge in [0.05, 0.1) is 6.61 Å². The quantitative estimate of drug-likeness (QED) is 0.876. The molecule has 1 rings (SSSR count). The molecule has 3 N–H and O–H groups in total. The van der Waals surface area contributed by atoms with Gasteiger partial charge in [0.1, 0.15) is 0 Å². The number of benzene rings is 1. The molecule has 0 saturated heterocycles. The third-order valence-corrected chi connectivity index (χ3v) is 3.82. The van der Waals surface area contributed by atoms with E-state index in [-0.39, 0.29) is 18.2 Å². The summed E-state index contributed by atoms with van der Waals surface area (Å²) in [6.07, 6.45) is 0. The van der Waals surface area contributed by atoms with E-state index < -0.39 is 0 Å². The van der Waals surface area contributed by atoms with Crippen LogP contribution in [0.15, 0.2) is 28.7 Å². The van der Waals surface area contributed by atoms with E-state index in [9.17, 15) is 5.11 Å². The maximum absolute atomic E-state index is 9.41. The molecule has 0 aliphatic carbocycles. The van der Waals surface area contributed by atoms with Crippen molar-refractivity contribution in [3.05, 3.63) is 34.3 Å². The maximum Gasteiger partial charge on any atom is 0.0610 e. The van der Waals surface area contributed by atoms with Crippen LogP contribution in [0.2, 0.25) is 0 Å². The van der Waals surface area contributed by atoms with E-state index in [2.05, 4.69) is 33.0 Å². The van der Waals surface area contributed by atoms with Gasteiger partial charge in [0.25, 0.3) is 0 Å². The molecular weight excluding hydrogens is 280 g/mol. The topological polar surface area (TPSA) is 49.5 Å². The number of nitrogens with zero attached hydrogens (tertiary/aromatic N) is 1. The Kier molecular flexibility index (Phi) is 5.13. The van der Waals surface area contributed by atoms with Crippen LogP contribution in [-0.2, 0) is 0 Å². The van der Waals surface area contributed by atoms with Crippen molar-refractivity contribution in [2.75, 3.05) is 20.2 Å². The number of halogens is 1. The van der Waals surface area contributed by atoms with Crippen molar-refractivity contribution in [3.63, 3.8) is 0 Å². The summed E-state index contributed by atoms with van der Waals surface area (Å²) >= 11 is 3.42. The third kappa shape index (κ3) is 3.52. The molecule has 0 spiro atoms. The highest BCUT2D eigenvalue weighted by Crippen LogP contribution is 2.26. The SMILES string of the molecule is CN(C(CN)c1ccc(Br)cc1)C(C)(C)CO. The first-order valence-corrected chi connectivity index (χ1v) is 6.51. The molecule has 0 heterocycles. The fraction of sp³-hybridized carbons (Fsp3) is 0.538. The molecule has 0 fully saturated rings. The molecule has 96 valence electrons. The molecule has 0 aliphatic heterocycles. The highest BCUT2D eigenvalue weighted by molar-refractivity contribution is 9.10. The molecule has 0 amide bonds. The summed E-state index contributed by atoms with van der Waals surface area (Å²) in [5.74, 6) is 0. The van der Waals surface area contributed by atoms with Crippen LogP contribution in [0.4, 0.5) is 0 Å². The largest absolute Gasteiger partial charge is 0.394 e. The Morgan fingerprint density at radius 1 is 1.35 bits per heavy atom. The standard InChI is InChI=1S/C13H21BrN2O/c1-13(2,9-17)16(3)12(8-15)10-4-6-11(14)7-5-10/h4-7,12,17H,8-9,15H2,1-3H3. The van der Waals surface area contributed by atoms with Gasteiger partial charge in [-0.25, -0.2) is 0 Å². The predicted molar refractivity (Wildman–Crippen MR) is 74.9 cm³/mol. The summed E-state index contributed by atoms with van der Waals surface area (Å²) in [6, 6.07) is 8.26. The van der Waals surface area contributed by atoms with Gasteiger partial charge < -0.3 is 10.8 Å². The lowest BCUT2D eigenvalue weighted by molar-refractivity contribution is 0.0470. The lowest BCUT2D eigenvalue weighted by Crippen LogP contribution is -2.48. The molecule has 17 heavy (non-hydrogen) atoms. The highest BCUT2D eigenvalue weighted by atomic mass is 79.9. The van der Waals surface area contributed by atoms with E-state index in [4.69, 9.17) is 5.73 Å². The Bertz CT molecular complexity index is 351. The van der Waals surface area contributed by atoms with E-state index >= 15 is 0 Å². The number of aliphatic hydroxyl groups excluding tert-OH is 1. The lowest BCUT2D eigenvalue weighted by Gasteiger charge is -2.39. The van der Waals surface area contributed by atoms with Crippen molar-refractivity contribution in [3.8, 4) is 0 Å². The van der Waals surface area contributed by atoms with Crippen LogP contribution in [0, 0.1) is 0 Å². The highest BCUT2D eigenvalue weighted by Gasteiger charge is 2.28. The monoisotopic (exact) mass is 300 g/mol. The minimum absolute atomic E-state index is 0.108. The number of rotatable bonds is 5. The van der Waals surface area contributed by atoms with Gasteiger partial charge in [-0.3, -0.25) is 4.90 Å². The van der Waals surface area contributed by atoms with E-state index in [0.29, 0.717) is 6.54 Å². The van der Waals surface area contributed by atoms with Gasteiger partial charge in [-0.15, -0.1) is 0 Å². The van der Waals surface area contributed by atoms with Crippen molar-refractivity contribution in [1.82, 2.24) is 4.90 Å². The van der Waals surface area contributed by atoms with Crippen LogP contribution in [0.25, 0.3) is 0 Å². The Morgan fingerprint density at radius 2 is 1.88 bits per heavy atom. The van der Waals surface area contributed by atoms with Gasteiger partial charge >= 0.3 is 0 Å². The molecule has 0 aromatic heterocycles. The summed E-state index contributed by atoms with van der Waals surface area (Å²) < 4.78 is 1.06. The van der Waals surface area contributed by atoms with Crippen LogP contribution < -0.4 is 5.73 Å². The van der Waals surface area contributed by atoms with Gasteiger partial charge in [-0.1, -0.05) is 28.1 Å². The molecule has 0 aliphatic rings. The number of hydrogen-bond donors (Lipinski definition) is 2. The summed E-state index contributed by atoms with van der Waals surface area (Å²) in [6.45, 7) is 4.65. The van der Waals surface area contributed by atoms with Gasteiger partial charge in [0.15, 0.2) is 0 Å². The zero-order chi connectivity index (χ0) is 13.1. The molecule has 1 aromatic rings. The van der Waals surface area contributed by atoms with E-state index in [1.54, 1.807) is 0 Å². The normalized spacial score (nSPS) is 14.1. The molecule has 0 radical (unpaired) electrons. The maximum atomic E-state index is 9.41. The van der Waals surface area contributed by atoms with Crippen molar-refractivity contribution >= 4 is 15.9 Å². The molecule has 1 atom stereocenters. The van der Waals surface area contributed by atoms with Crippen LogP contribution >= 0.6 is 15.9 Å². The van der Waals surface area contributed by atoms with Gasteiger partial charge in [-0.05, 0) is 38.6 Å². The molecule has 4 heteroatoms. The van der Waals surface area contributed by atoms with Crippen LogP contribution in [0.3, 0.4) is 0 Å². The minimum Gasteiger partial charge on any atom is -0.394 e. The van der Waals surface area contributed by atoms with Crippen LogP contribution in [0.5, 0.6) is 0 Å². The van der Waals surface area contributed by atoms with E-state index in [0.717, 1.165) is 4.47 Å². The molecule has 0 saturated carbocycles.